The third kappa shape index (κ3) is 2.94. The number of phenolic OH excluding ortho intramolecular Hbond substituents is 1. The van der Waals surface area contributed by atoms with Gasteiger partial charge in [0.25, 0.3) is 5.91 Å². The molecule has 1 aromatic rings. The highest BCUT2D eigenvalue weighted by atomic mass is 16.3. The van der Waals surface area contributed by atoms with Crippen LogP contribution in [-0.2, 0) is 0 Å². The predicted molar refractivity (Wildman–Crippen MR) is 78.8 cm³/mol. The molecule has 2 rings (SSSR count). The summed E-state index contributed by atoms with van der Waals surface area (Å²) in [6.45, 7) is 7.63. The van der Waals surface area contributed by atoms with Crippen molar-refractivity contribution in [3.05, 3.63) is 29.3 Å². The Balaban J connectivity index is 2.03. The zero-order valence-electron chi connectivity index (χ0n) is 12.2. The molecule has 0 spiro atoms. The highest BCUT2D eigenvalue weighted by Gasteiger charge is 2.25. The number of hydrogen-bond acceptors (Lipinski definition) is 4. The van der Waals surface area contributed by atoms with E-state index in [1.54, 1.807) is 25.1 Å². The minimum atomic E-state index is -0.00143. The lowest BCUT2D eigenvalue weighted by molar-refractivity contribution is 0.0588. The summed E-state index contributed by atoms with van der Waals surface area (Å²) in [5.41, 5.74) is 6.91. The Morgan fingerprint density at radius 3 is 2.60 bits per heavy atom. The molecule has 0 bridgehead atoms. The van der Waals surface area contributed by atoms with Gasteiger partial charge in [0.2, 0.25) is 0 Å². The fourth-order valence-electron chi connectivity index (χ4n) is 2.54. The Hall–Kier alpha value is -1.59. The van der Waals surface area contributed by atoms with Crippen molar-refractivity contribution in [2.75, 3.05) is 32.7 Å². The van der Waals surface area contributed by atoms with Crippen LogP contribution in [0.3, 0.4) is 0 Å². The first kappa shape index (κ1) is 14.8. The van der Waals surface area contributed by atoms with Crippen LogP contribution in [0.4, 0.5) is 0 Å². The van der Waals surface area contributed by atoms with E-state index >= 15 is 0 Å². The van der Waals surface area contributed by atoms with Crippen molar-refractivity contribution in [3.8, 4) is 5.75 Å². The maximum atomic E-state index is 12.5. The van der Waals surface area contributed by atoms with Crippen LogP contribution in [-0.4, -0.2) is 59.6 Å². The average Bonchev–Trinajstić information content (AvgIpc) is 2.48. The topological polar surface area (TPSA) is 69.8 Å². The lowest BCUT2D eigenvalue weighted by atomic mass is 10.1. The number of carbonyl (C=O) groups is 1. The van der Waals surface area contributed by atoms with Gasteiger partial charge in [-0.15, -0.1) is 0 Å². The molecule has 1 atom stereocenters. The summed E-state index contributed by atoms with van der Waals surface area (Å²) in [6, 6.07) is 5.44. The van der Waals surface area contributed by atoms with Gasteiger partial charge in [0.05, 0.1) is 0 Å². The monoisotopic (exact) mass is 277 g/mol. The maximum Gasteiger partial charge on any atom is 0.254 e. The van der Waals surface area contributed by atoms with Gasteiger partial charge in [-0.25, -0.2) is 0 Å². The van der Waals surface area contributed by atoms with Crippen molar-refractivity contribution in [1.82, 2.24) is 9.80 Å². The largest absolute Gasteiger partial charge is 0.508 e. The van der Waals surface area contributed by atoms with Gasteiger partial charge in [0, 0.05) is 49.9 Å². The van der Waals surface area contributed by atoms with Crippen LogP contribution in [0.25, 0.3) is 0 Å². The molecule has 0 saturated carbocycles. The zero-order valence-corrected chi connectivity index (χ0v) is 12.2. The summed E-state index contributed by atoms with van der Waals surface area (Å²) in [5, 5.41) is 9.70. The molecule has 1 aliphatic heterocycles. The maximum absolute atomic E-state index is 12.5. The molecule has 1 fully saturated rings. The lowest BCUT2D eigenvalue weighted by Gasteiger charge is -2.37. The molecule has 0 aromatic heterocycles. The molecule has 0 radical (unpaired) electrons. The number of carbonyl (C=O) groups excluding carboxylic acids is 1. The first-order valence-electron chi connectivity index (χ1n) is 7.06. The van der Waals surface area contributed by atoms with Gasteiger partial charge in [0.1, 0.15) is 5.75 Å². The van der Waals surface area contributed by atoms with Crippen molar-refractivity contribution < 1.29 is 9.90 Å². The number of amides is 1. The molecule has 0 aliphatic carbocycles. The van der Waals surface area contributed by atoms with Crippen molar-refractivity contribution in [2.45, 2.75) is 19.9 Å². The van der Waals surface area contributed by atoms with Crippen molar-refractivity contribution >= 4 is 5.91 Å². The number of benzene rings is 1. The van der Waals surface area contributed by atoms with Gasteiger partial charge < -0.3 is 15.7 Å². The van der Waals surface area contributed by atoms with E-state index in [0.717, 1.165) is 13.1 Å². The van der Waals surface area contributed by atoms with Crippen LogP contribution in [0, 0.1) is 6.92 Å². The first-order chi connectivity index (χ1) is 9.54. The summed E-state index contributed by atoms with van der Waals surface area (Å²) in [7, 11) is 0. The smallest absolute Gasteiger partial charge is 0.254 e. The van der Waals surface area contributed by atoms with Crippen molar-refractivity contribution in [3.63, 3.8) is 0 Å². The van der Waals surface area contributed by atoms with Crippen LogP contribution in [0.5, 0.6) is 5.75 Å². The lowest BCUT2D eigenvalue weighted by Crippen LogP contribution is -2.52. The van der Waals surface area contributed by atoms with E-state index in [9.17, 15) is 9.90 Å². The summed E-state index contributed by atoms with van der Waals surface area (Å²) < 4.78 is 0. The number of nitrogens with zero attached hydrogens (tertiary/aromatic N) is 2. The highest BCUT2D eigenvalue weighted by molar-refractivity contribution is 5.96. The Kier molecular flexibility index (Phi) is 4.62. The minimum absolute atomic E-state index is 0.00143. The molecular formula is C15H23N3O2. The van der Waals surface area contributed by atoms with E-state index in [1.807, 2.05) is 4.90 Å². The molecule has 1 aromatic carbocycles. The van der Waals surface area contributed by atoms with Crippen molar-refractivity contribution in [2.24, 2.45) is 5.73 Å². The Morgan fingerprint density at radius 2 is 2.00 bits per heavy atom. The quantitative estimate of drug-likeness (QED) is 0.857. The van der Waals surface area contributed by atoms with Crippen LogP contribution < -0.4 is 5.73 Å². The van der Waals surface area contributed by atoms with Crippen molar-refractivity contribution in [1.29, 1.82) is 0 Å². The molecular weight excluding hydrogens is 254 g/mol. The van der Waals surface area contributed by atoms with E-state index in [1.165, 1.54) is 0 Å². The first-order valence-corrected chi connectivity index (χ1v) is 7.06. The van der Waals surface area contributed by atoms with Gasteiger partial charge in [-0.3, -0.25) is 9.69 Å². The molecule has 110 valence electrons. The van der Waals surface area contributed by atoms with Gasteiger partial charge in [-0.2, -0.15) is 0 Å². The standard InChI is InChI=1S/C15H23N3O2/c1-11(10-16)17-6-8-18(9-7-17)15(20)13-4-3-5-14(19)12(13)2/h3-5,11,19H,6-10,16H2,1-2H3. The molecule has 1 unspecified atom stereocenters. The average molecular weight is 277 g/mol. The number of nitrogens with two attached hydrogens (primary N) is 1. The SMILES string of the molecule is Cc1c(O)cccc1C(=O)N1CCN(C(C)CN)CC1. The van der Waals surface area contributed by atoms with Gasteiger partial charge >= 0.3 is 0 Å². The highest BCUT2D eigenvalue weighted by Crippen LogP contribution is 2.21. The minimum Gasteiger partial charge on any atom is -0.508 e. The third-order valence-electron chi connectivity index (χ3n) is 4.10. The molecule has 20 heavy (non-hydrogen) atoms. The molecule has 1 aliphatic rings. The summed E-state index contributed by atoms with van der Waals surface area (Å²) in [6.07, 6.45) is 0. The van der Waals surface area contributed by atoms with E-state index in [0.29, 0.717) is 36.8 Å². The molecule has 1 heterocycles. The Bertz CT molecular complexity index is 482. The predicted octanol–water partition coefficient (Wildman–Crippen LogP) is 0.806. The van der Waals surface area contributed by atoms with Crippen LogP contribution in [0.1, 0.15) is 22.8 Å². The van der Waals surface area contributed by atoms with E-state index in [-0.39, 0.29) is 11.7 Å². The van der Waals surface area contributed by atoms with E-state index < -0.39 is 0 Å². The van der Waals surface area contributed by atoms with Gasteiger partial charge in [-0.05, 0) is 26.0 Å². The summed E-state index contributed by atoms with van der Waals surface area (Å²) in [5.74, 6) is 0.171. The molecule has 5 nitrogen and oxygen atoms in total. The normalized spacial score (nSPS) is 18.1. The second kappa shape index (κ2) is 6.24. The van der Waals surface area contributed by atoms with E-state index in [4.69, 9.17) is 5.73 Å². The second-order valence-corrected chi connectivity index (χ2v) is 5.36. The fraction of sp³-hybridized carbons (Fsp3) is 0.533. The Labute approximate surface area is 120 Å². The number of piperazine rings is 1. The zero-order chi connectivity index (χ0) is 14.7. The Morgan fingerprint density at radius 1 is 1.35 bits per heavy atom. The van der Waals surface area contributed by atoms with Gasteiger partial charge in [-0.1, -0.05) is 6.07 Å². The number of phenols is 1. The summed E-state index contributed by atoms with van der Waals surface area (Å²) in [4.78, 5) is 16.6. The number of hydrogen-bond donors (Lipinski definition) is 2. The third-order valence-corrected chi connectivity index (χ3v) is 4.10. The molecule has 5 heteroatoms. The molecule has 1 amide bonds. The van der Waals surface area contributed by atoms with Crippen LogP contribution in [0.2, 0.25) is 0 Å². The fourth-order valence-corrected chi connectivity index (χ4v) is 2.54. The molecule has 1 saturated heterocycles. The second-order valence-electron chi connectivity index (χ2n) is 5.36. The number of aromatic hydroxyl groups is 1. The summed E-state index contributed by atoms with van der Waals surface area (Å²) >= 11 is 0. The van der Waals surface area contributed by atoms with Crippen LogP contribution in [0.15, 0.2) is 18.2 Å². The van der Waals surface area contributed by atoms with Gasteiger partial charge in [0.15, 0.2) is 0 Å². The van der Waals surface area contributed by atoms with Crippen LogP contribution >= 0.6 is 0 Å². The van der Waals surface area contributed by atoms with E-state index in [2.05, 4.69) is 11.8 Å². The molecule has 3 N–H and O–H groups in total. The number of rotatable bonds is 3.